The number of halogens is 1. The van der Waals surface area contributed by atoms with Gasteiger partial charge in [0, 0.05) is 24.5 Å². The van der Waals surface area contributed by atoms with Crippen molar-refractivity contribution in [1.29, 1.82) is 0 Å². The van der Waals surface area contributed by atoms with Crippen LogP contribution < -0.4 is 10.4 Å². The highest BCUT2D eigenvalue weighted by Gasteiger charge is 2.19. The number of rotatable bonds is 6. The van der Waals surface area contributed by atoms with E-state index in [2.05, 4.69) is 10.1 Å². The first-order valence-corrected chi connectivity index (χ1v) is 9.31. The molecular weight excluding hydrogens is 364 g/mol. The van der Waals surface area contributed by atoms with Crippen molar-refractivity contribution in [1.82, 2.24) is 19.3 Å². The van der Waals surface area contributed by atoms with Crippen LogP contribution in [-0.4, -0.2) is 25.4 Å². The van der Waals surface area contributed by atoms with Crippen LogP contribution >= 0.6 is 11.6 Å². The Labute approximate surface area is 163 Å². The number of aromatic nitrogens is 4. The van der Waals surface area contributed by atoms with Crippen molar-refractivity contribution >= 4 is 11.6 Å². The molecular formula is C20H23ClN4O2. The summed E-state index contributed by atoms with van der Waals surface area (Å²) in [5.74, 6) is 1.53. The van der Waals surface area contributed by atoms with Gasteiger partial charge in [-0.3, -0.25) is 4.98 Å². The van der Waals surface area contributed by atoms with Crippen LogP contribution in [0.1, 0.15) is 27.7 Å². The standard InChI is InChI=1S/C20H23ClN4O2/c1-13(2)12-24-20(26)25(15-5-7-16(8-6-15)27-14(3)4)19(23-24)17-9-10-22-11-18(17)21/h5-11,13-14H,12H2,1-4H3. The summed E-state index contributed by atoms with van der Waals surface area (Å²) in [4.78, 5) is 17.1. The molecule has 0 saturated carbocycles. The summed E-state index contributed by atoms with van der Waals surface area (Å²) in [6, 6.07) is 9.15. The average molecular weight is 387 g/mol. The molecule has 0 saturated heterocycles. The number of ether oxygens (including phenoxy) is 1. The van der Waals surface area contributed by atoms with Gasteiger partial charge in [-0.25, -0.2) is 14.0 Å². The van der Waals surface area contributed by atoms with Gasteiger partial charge in [-0.05, 0) is 50.1 Å². The molecule has 0 aliphatic heterocycles. The molecule has 3 rings (SSSR count). The van der Waals surface area contributed by atoms with Gasteiger partial charge in [0.2, 0.25) is 0 Å². The van der Waals surface area contributed by atoms with Gasteiger partial charge in [0.1, 0.15) is 5.75 Å². The molecule has 7 heteroatoms. The number of pyridine rings is 1. The van der Waals surface area contributed by atoms with Gasteiger partial charge in [-0.1, -0.05) is 25.4 Å². The van der Waals surface area contributed by atoms with E-state index < -0.39 is 0 Å². The third-order valence-corrected chi connectivity index (χ3v) is 4.16. The van der Waals surface area contributed by atoms with E-state index in [1.54, 1.807) is 23.0 Å². The van der Waals surface area contributed by atoms with Crippen molar-refractivity contribution in [3.05, 3.63) is 58.2 Å². The van der Waals surface area contributed by atoms with E-state index in [0.29, 0.717) is 28.6 Å². The Kier molecular flexibility index (Phi) is 5.65. The van der Waals surface area contributed by atoms with Crippen LogP contribution in [0, 0.1) is 5.92 Å². The first kappa shape index (κ1) is 19.2. The van der Waals surface area contributed by atoms with Crippen LogP contribution in [0.15, 0.2) is 47.5 Å². The minimum absolute atomic E-state index is 0.0820. The lowest BCUT2D eigenvalue weighted by Crippen LogP contribution is -2.25. The summed E-state index contributed by atoms with van der Waals surface area (Å²) in [5.41, 5.74) is 1.16. The summed E-state index contributed by atoms with van der Waals surface area (Å²) < 4.78 is 8.74. The predicted octanol–water partition coefficient (Wildman–Crippen LogP) is 4.19. The normalized spacial score (nSPS) is 11.4. The summed E-state index contributed by atoms with van der Waals surface area (Å²) >= 11 is 6.32. The second-order valence-electron chi connectivity index (χ2n) is 7.03. The number of hydrogen-bond acceptors (Lipinski definition) is 4. The summed E-state index contributed by atoms with van der Waals surface area (Å²) in [6.07, 6.45) is 3.27. The van der Waals surface area contributed by atoms with Gasteiger partial charge in [0.05, 0.1) is 16.8 Å². The second kappa shape index (κ2) is 7.96. The predicted molar refractivity (Wildman–Crippen MR) is 107 cm³/mol. The van der Waals surface area contributed by atoms with Crippen LogP contribution in [0.4, 0.5) is 0 Å². The van der Waals surface area contributed by atoms with E-state index in [1.165, 1.54) is 4.68 Å². The highest BCUT2D eigenvalue weighted by atomic mass is 35.5. The fourth-order valence-electron chi connectivity index (χ4n) is 2.78. The zero-order valence-corrected chi connectivity index (χ0v) is 16.6. The lowest BCUT2D eigenvalue weighted by molar-refractivity contribution is 0.242. The number of nitrogens with zero attached hydrogens (tertiary/aromatic N) is 4. The largest absolute Gasteiger partial charge is 0.491 e. The quantitative estimate of drug-likeness (QED) is 0.637. The molecule has 2 aromatic heterocycles. The highest BCUT2D eigenvalue weighted by molar-refractivity contribution is 6.33. The molecule has 142 valence electrons. The van der Waals surface area contributed by atoms with Gasteiger partial charge in [-0.2, -0.15) is 0 Å². The van der Waals surface area contributed by atoms with Crippen molar-refractivity contribution < 1.29 is 4.74 Å². The average Bonchev–Trinajstić information content (AvgIpc) is 2.91. The Bertz CT molecular complexity index is 974. The minimum Gasteiger partial charge on any atom is -0.491 e. The van der Waals surface area contributed by atoms with Gasteiger partial charge in [0.15, 0.2) is 5.82 Å². The SMILES string of the molecule is CC(C)Cn1nc(-c2ccncc2Cl)n(-c2ccc(OC(C)C)cc2)c1=O. The van der Waals surface area contributed by atoms with Crippen LogP contribution in [0.5, 0.6) is 5.75 Å². The Balaban J connectivity index is 2.14. The van der Waals surface area contributed by atoms with Crippen LogP contribution in [0.2, 0.25) is 5.02 Å². The lowest BCUT2D eigenvalue weighted by Gasteiger charge is -2.11. The van der Waals surface area contributed by atoms with Crippen molar-refractivity contribution in [3.8, 4) is 22.8 Å². The van der Waals surface area contributed by atoms with Gasteiger partial charge < -0.3 is 4.74 Å². The lowest BCUT2D eigenvalue weighted by atomic mass is 10.2. The van der Waals surface area contributed by atoms with Crippen molar-refractivity contribution in [3.63, 3.8) is 0 Å². The smallest absolute Gasteiger partial charge is 0.350 e. The molecule has 6 nitrogen and oxygen atoms in total. The molecule has 0 fully saturated rings. The third kappa shape index (κ3) is 4.22. The van der Waals surface area contributed by atoms with E-state index in [-0.39, 0.29) is 17.7 Å². The maximum atomic E-state index is 13.0. The van der Waals surface area contributed by atoms with E-state index in [9.17, 15) is 4.79 Å². The monoisotopic (exact) mass is 386 g/mol. The Morgan fingerprint density at radius 2 is 1.81 bits per heavy atom. The van der Waals surface area contributed by atoms with Gasteiger partial charge in [0.25, 0.3) is 0 Å². The second-order valence-corrected chi connectivity index (χ2v) is 7.44. The molecule has 0 radical (unpaired) electrons. The van der Waals surface area contributed by atoms with E-state index in [0.717, 1.165) is 5.75 Å². The molecule has 2 heterocycles. The number of benzene rings is 1. The number of hydrogen-bond donors (Lipinski definition) is 0. The molecule has 1 aromatic carbocycles. The van der Waals surface area contributed by atoms with Crippen LogP contribution in [0.25, 0.3) is 17.1 Å². The first-order valence-electron chi connectivity index (χ1n) is 8.93. The topological polar surface area (TPSA) is 61.9 Å². The molecule has 0 unspecified atom stereocenters. The maximum absolute atomic E-state index is 13.0. The summed E-state index contributed by atoms with van der Waals surface area (Å²) in [6.45, 7) is 8.55. The van der Waals surface area contributed by atoms with E-state index in [4.69, 9.17) is 16.3 Å². The molecule has 0 bridgehead atoms. The fraction of sp³-hybridized carbons (Fsp3) is 0.350. The maximum Gasteiger partial charge on any atom is 0.350 e. The molecule has 0 N–H and O–H groups in total. The minimum atomic E-state index is -0.205. The van der Waals surface area contributed by atoms with Crippen LogP contribution in [-0.2, 0) is 6.54 Å². The highest BCUT2D eigenvalue weighted by Crippen LogP contribution is 2.27. The summed E-state index contributed by atoms with van der Waals surface area (Å²) in [5, 5.41) is 5.00. The van der Waals surface area contributed by atoms with Gasteiger partial charge in [-0.15, -0.1) is 5.10 Å². The fourth-order valence-corrected chi connectivity index (χ4v) is 2.99. The zero-order valence-electron chi connectivity index (χ0n) is 15.9. The molecule has 0 amide bonds. The van der Waals surface area contributed by atoms with Gasteiger partial charge >= 0.3 is 5.69 Å². The Morgan fingerprint density at radius 1 is 1.11 bits per heavy atom. The molecule has 0 aliphatic rings. The Hall–Kier alpha value is -2.60. The van der Waals surface area contributed by atoms with E-state index >= 15 is 0 Å². The molecule has 0 atom stereocenters. The third-order valence-electron chi connectivity index (χ3n) is 3.86. The molecule has 0 aliphatic carbocycles. The molecule has 3 aromatic rings. The zero-order chi connectivity index (χ0) is 19.6. The van der Waals surface area contributed by atoms with Crippen molar-refractivity contribution in [2.45, 2.75) is 40.3 Å². The first-order chi connectivity index (χ1) is 12.9. The molecule has 27 heavy (non-hydrogen) atoms. The molecule has 0 spiro atoms. The summed E-state index contributed by atoms with van der Waals surface area (Å²) in [7, 11) is 0. The van der Waals surface area contributed by atoms with Crippen molar-refractivity contribution in [2.24, 2.45) is 5.92 Å². The Morgan fingerprint density at radius 3 is 2.41 bits per heavy atom. The van der Waals surface area contributed by atoms with Crippen LogP contribution in [0.3, 0.4) is 0 Å². The van der Waals surface area contributed by atoms with E-state index in [1.807, 2.05) is 52.0 Å². The van der Waals surface area contributed by atoms with Crippen molar-refractivity contribution in [2.75, 3.05) is 0 Å².